The number of benzene rings is 3. The molecule has 0 bridgehead atoms. The predicted octanol–water partition coefficient (Wildman–Crippen LogP) is 6.81. The molecule has 3 aromatic carbocycles. The molecule has 1 unspecified atom stereocenters. The lowest BCUT2D eigenvalue weighted by Gasteiger charge is -2.18. The van der Waals surface area contributed by atoms with E-state index in [1.165, 1.54) is 0 Å². The van der Waals surface area contributed by atoms with Crippen molar-refractivity contribution >= 4 is 23.2 Å². The van der Waals surface area contributed by atoms with Gasteiger partial charge in [0.15, 0.2) is 11.6 Å². The molecule has 0 aromatic heterocycles. The maximum atomic E-state index is 13.5. The Morgan fingerprint density at radius 1 is 0.759 bits per heavy atom. The van der Waals surface area contributed by atoms with E-state index >= 15 is 0 Å². The first-order chi connectivity index (χ1) is 13.8. The summed E-state index contributed by atoms with van der Waals surface area (Å²) in [5.41, 5.74) is 6.20. The minimum atomic E-state index is -0.554. The number of hydrogen-bond donors (Lipinski definition) is 0. The molecule has 0 fully saturated rings. The molecule has 0 aliphatic carbocycles. The summed E-state index contributed by atoms with van der Waals surface area (Å²) in [6.07, 6.45) is 0.123. The molecule has 148 valence electrons. The van der Waals surface area contributed by atoms with Crippen molar-refractivity contribution in [3.05, 3.63) is 105 Å². The van der Waals surface area contributed by atoms with E-state index in [1.807, 2.05) is 76.2 Å². The van der Waals surface area contributed by atoms with Crippen molar-refractivity contribution in [2.24, 2.45) is 0 Å². The van der Waals surface area contributed by atoms with Crippen molar-refractivity contribution in [3.8, 4) is 0 Å². The van der Waals surface area contributed by atoms with Crippen LogP contribution in [0.1, 0.15) is 60.9 Å². The summed E-state index contributed by atoms with van der Waals surface area (Å²) in [6, 6.07) is 18.8. The first-order valence-corrected chi connectivity index (χ1v) is 10.1. The van der Waals surface area contributed by atoms with Gasteiger partial charge in [-0.05, 0) is 56.5 Å². The second-order valence-electron chi connectivity index (χ2n) is 7.73. The number of hydrogen-bond acceptors (Lipinski definition) is 2. The van der Waals surface area contributed by atoms with Crippen LogP contribution in [0.15, 0.2) is 60.7 Å². The van der Waals surface area contributed by atoms with Crippen LogP contribution in [0.2, 0.25) is 5.02 Å². The van der Waals surface area contributed by atoms with Gasteiger partial charge in [-0.15, -0.1) is 0 Å². The smallest absolute Gasteiger partial charge is 0.171 e. The molecule has 3 aromatic rings. The topological polar surface area (TPSA) is 34.1 Å². The standard InChI is InChI=1S/C26H25ClO2/c1-16-5-11-22(18(3)13-16)25(28)15-24(20-7-9-21(27)10-8-20)26(29)23-12-6-17(2)14-19(23)4/h5-14,24H,15H2,1-4H3. The van der Waals surface area contributed by atoms with E-state index in [9.17, 15) is 9.59 Å². The molecule has 0 N–H and O–H groups in total. The summed E-state index contributed by atoms with van der Waals surface area (Å²) in [4.78, 5) is 26.6. The molecule has 0 radical (unpaired) electrons. The lowest BCUT2D eigenvalue weighted by atomic mass is 9.83. The molecule has 1 atom stereocenters. The SMILES string of the molecule is Cc1ccc(C(=O)CC(C(=O)c2ccc(C)cc2C)c2ccc(Cl)cc2)c(C)c1. The number of carbonyl (C=O) groups excluding carboxylic acids is 2. The Hall–Kier alpha value is -2.71. The Balaban J connectivity index is 2.00. The third-order valence-corrected chi connectivity index (χ3v) is 5.56. The van der Waals surface area contributed by atoms with Crippen LogP contribution in [-0.2, 0) is 0 Å². The number of rotatable bonds is 6. The van der Waals surface area contributed by atoms with E-state index < -0.39 is 5.92 Å². The highest BCUT2D eigenvalue weighted by molar-refractivity contribution is 6.30. The van der Waals surface area contributed by atoms with Crippen molar-refractivity contribution in [3.63, 3.8) is 0 Å². The predicted molar refractivity (Wildman–Crippen MR) is 119 cm³/mol. The maximum Gasteiger partial charge on any atom is 0.171 e. The molecule has 0 spiro atoms. The van der Waals surface area contributed by atoms with E-state index in [0.29, 0.717) is 16.1 Å². The van der Waals surface area contributed by atoms with Gasteiger partial charge in [-0.1, -0.05) is 71.3 Å². The lowest BCUT2D eigenvalue weighted by Crippen LogP contribution is -2.19. The van der Waals surface area contributed by atoms with E-state index in [2.05, 4.69) is 0 Å². The monoisotopic (exact) mass is 404 g/mol. The van der Waals surface area contributed by atoms with Gasteiger partial charge < -0.3 is 0 Å². The molecular weight excluding hydrogens is 380 g/mol. The van der Waals surface area contributed by atoms with Crippen LogP contribution < -0.4 is 0 Å². The van der Waals surface area contributed by atoms with Crippen molar-refractivity contribution in [1.29, 1.82) is 0 Å². The zero-order valence-electron chi connectivity index (χ0n) is 17.3. The van der Waals surface area contributed by atoms with Crippen LogP contribution in [-0.4, -0.2) is 11.6 Å². The van der Waals surface area contributed by atoms with Gasteiger partial charge in [0.2, 0.25) is 0 Å². The number of aryl methyl sites for hydroxylation is 4. The van der Waals surface area contributed by atoms with Gasteiger partial charge >= 0.3 is 0 Å². The van der Waals surface area contributed by atoms with Crippen molar-refractivity contribution in [2.45, 2.75) is 40.0 Å². The van der Waals surface area contributed by atoms with Crippen LogP contribution >= 0.6 is 11.6 Å². The zero-order valence-corrected chi connectivity index (χ0v) is 18.0. The van der Waals surface area contributed by atoms with Gasteiger partial charge in [-0.2, -0.15) is 0 Å². The summed E-state index contributed by atoms with van der Waals surface area (Å²) in [5, 5.41) is 0.604. The van der Waals surface area contributed by atoms with Gasteiger partial charge in [0, 0.05) is 22.6 Å². The number of carbonyl (C=O) groups is 2. The first-order valence-electron chi connectivity index (χ1n) is 9.73. The summed E-state index contributed by atoms with van der Waals surface area (Å²) in [7, 11) is 0. The number of ketones is 2. The fourth-order valence-corrected chi connectivity index (χ4v) is 3.88. The Morgan fingerprint density at radius 3 is 1.79 bits per heavy atom. The third kappa shape index (κ3) is 4.83. The zero-order chi connectivity index (χ0) is 21.1. The van der Waals surface area contributed by atoms with Gasteiger partial charge in [0.05, 0.1) is 5.92 Å². The van der Waals surface area contributed by atoms with Crippen LogP contribution in [0.5, 0.6) is 0 Å². The van der Waals surface area contributed by atoms with E-state index in [-0.39, 0.29) is 18.0 Å². The molecule has 2 nitrogen and oxygen atoms in total. The minimum Gasteiger partial charge on any atom is -0.294 e. The van der Waals surface area contributed by atoms with Gasteiger partial charge in [-0.3, -0.25) is 9.59 Å². The van der Waals surface area contributed by atoms with Gasteiger partial charge in [-0.25, -0.2) is 0 Å². The summed E-state index contributed by atoms with van der Waals surface area (Å²) in [5.74, 6) is -0.620. The number of halogens is 1. The highest BCUT2D eigenvalue weighted by Crippen LogP contribution is 2.29. The van der Waals surface area contributed by atoms with E-state index in [0.717, 1.165) is 27.8 Å². The fourth-order valence-electron chi connectivity index (χ4n) is 3.76. The van der Waals surface area contributed by atoms with E-state index in [4.69, 9.17) is 11.6 Å². The average molecular weight is 405 g/mol. The molecule has 3 heteroatoms. The van der Waals surface area contributed by atoms with Crippen molar-refractivity contribution < 1.29 is 9.59 Å². The first kappa shape index (κ1) is 21.0. The molecule has 0 amide bonds. The van der Waals surface area contributed by atoms with Crippen LogP contribution in [0.4, 0.5) is 0 Å². The van der Waals surface area contributed by atoms with E-state index in [1.54, 1.807) is 12.1 Å². The highest BCUT2D eigenvalue weighted by atomic mass is 35.5. The Bertz CT molecular complexity index is 1060. The van der Waals surface area contributed by atoms with Gasteiger partial charge in [0.25, 0.3) is 0 Å². The lowest BCUT2D eigenvalue weighted by molar-refractivity contribution is 0.0892. The molecular formula is C26H25ClO2. The molecule has 0 aliphatic heterocycles. The van der Waals surface area contributed by atoms with Crippen LogP contribution in [0.3, 0.4) is 0 Å². The van der Waals surface area contributed by atoms with Gasteiger partial charge in [0.1, 0.15) is 0 Å². The van der Waals surface area contributed by atoms with Crippen LogP contribution in [0.25, 0.3) is 0 Å². The van der Waals surface area contributed by atoms with Crippen LogP contribution in [0, 0.1) is 27.7 Å². The molecule has 0 saturated heterocycles. The molecule has 0 heterocycles. The normalized spacial score (nSPS) is 11.9. The molecule has 0 saturated carbocycles. The summed E-state index contributed by atoms with van der Waals surface area (Å²) >= 11 is 6.04. The number of Topliss-reactive ketones (excluding diaryl/α,β-unsaturated/α-hetero) is 2. The Kier molecular flexibility index (Phi) is 6.34. The Morgan fingerprint density at radius 2 is 1.28 bits per heavy atom. The second kappa shape index (κ2) is 8.75. The summed E-state index contributed by atoms with van der Waals surface area (Å²) in [6.45, 7) is 7.87. The highest BCUT2D eigenvalue weighted by Gasteiger charge is 2.27. The molecule has 29 heavy (non-hydrogen) atoms. The summed E-state index contributed by atoms with van der Waals surface area (Å²) < 4.78 is 0. The average Bonchev–Trinajstić information content (AvgIpc) is 2.66. The molecule has 0 aliphatic rings. The molecule has 3 rings (SSSR count). The quantitative estimate of drug-likeness (QED) is 0.422. The second-order valence-corrected chi connectivity index (χ2v) is 8.17. The Labute approximate surface area is 177 Å². The van der Waals surface area contributed by atoms with Crippen molar-refractivity contribution in [2.75, 3.05) is 0 Å². The largest absolute Gasteiger partial charge is 0.294 e. The fraction of sp³-hybridized carbons (Fsp3) is 0.231. The minimum absolute atomic E-state index is 0.0273. The van der Waals surface area contributed by atoms with Crippen molar-refractivity contribution in [1.82, 2.24) is 0 Å². The maximum absolute atomic E-state index is 13.5. The third-order valence-electron chi connectivity index (χ3n) is 5.31.